The molecule has 1 aromatic rings. The van der Waals surface area contributed by atoms with Gasteiger partial charge in [-0.2, -0.15) is 0 Å². The maximum absolute atomic E-state index is 13.8. The average molecular weight is 342 g/mol. The molecule has 0 unspecified atom stereocenters. The number of rotatable bonds is 4. The van der Waals surface area contributed by atoms with E-state index in [2.05, 4.69) is 10.5 Å². The highest BCUT2D eigenvalue weighted by molar-refractivity contribution is 5.92. The fraction of sp³-hybridized carbons (Fsp3) is 0.667. The zero-order chi connectivity index (χ0) is 17.5. The molecule has 9 heteroatoms. The Bertz CT molecular complexity index is 642. The molecule has 2 fully saturated rings. The third-order valence-corrected chi connectivity index (χ3v) is 4.46. The molecule has 1 aromatic heterocycles. The first kappa shape index (κ1) is 16.8. The van der Waals surface area contributed by atoms with Crippen molar-refractivity contribution >= 4 is 11.8 Å². The van der Waals surface area contributed by atoms with Crippen LogP contribution in [0.1, 0.15) is 29.6 Å². The number of halogens is 2. The number of carbonyl (C=O) groups is 2. The highest BCUT2D eigenvalue weighted by Crippen LogP contribution is 2.35. The van der Waals surface area contributed by atoms with E-state index >= 15 is 0 Å². The van der Waals surface area contributed by atoms with Crippen molar-refractivity contribution in [3.05, 3.63) is 17.5 Å². The number of hydrogen-bond donors (Lipinski definition) is 1. The van der Waals surface area contributed by atoms with Gasteiger partial charge in [-0.15, -0.1) is 0 Å². The number of carbonyl (C=O) groups excluding carboxylic acids is 2. The molecule has 2 amide bonds. The summed E-state index contributed by atoms with van der Waals surface area (Å²) in [4.78, 5) is 26.5. The summed E-state index contributed by atoms with van der Waals surface area (Å²) in [5.41, 5.74) is 0.616. The summed E-state index contributed by atoms with van der Waals surface area (Å²) >= 11 is 0. The normalized spacial score (nSPS) is 24.0. The van der Waals surface area contributed by atoms with Gasteiger partial charge in [0, 0.05) is 51.1 Å². The van der Waals surface area contributed by atoms with Crippen molar-refractivity contribution in [2.24, 2.45) is 0 Å². The summed E-state index contributed by atoms with van der Waals surface area (Å²) in [6.07, 6.45) is -0.279. The van der Waals surface area contributed by atoms with E-state index < -0.39 is 12.0 Å². The average Bonchev–Trinajstić information content (AvgIpc) is 2.98. The lowest BCUT2D eigenvalue weighted by molar-refractivity contribution is -0.119. The zero-order valence-corrected chi connectivity index (χ0v) is 13.6. The maximum atomic E-state index is 13.8. The minimum Gasteiger partial charge on any atom is -0.355 e. The zero-order valence-electron chi connectivity index (χ0n) is 13.6. The van der Waals surface area contributed by atoms with Crippen LogP contribution in [0.25, 0.3) is 0 Å². The van der Waals surface area contributed by atoms with Gasteiger partial charge in [-0.1, -0.05) is 5.16 Å². The number of likely N-dealkylation sites (tertiary alicyclic amines) is 2. The predicted molar refractivity (Wildman–Crippen MR) is 79.7 cm³/mol. The second-order valence-electron chi connectivity index (χ2n) is 6.52. The number of amides is 2. The molecule has 2 saturated heterocycles. The van der Waals surface area contributed by atoms with Crippen molar-refractivity contribution in [1.82, 2.24) is 20.3 Å². The first-order valence-electron chi connectivity index (χ1n) is 7.86. The van der Waals surface area contributed by atoms with Crippen molar-refractivity contribution in [3.8, 4) is 0 Å². The van der Waals surface area contributed by atoms with Gasteiger partial charge < -0.3 is 14.7 Å². The molecule has 0 aromatic carbocycles. The van der Waals surface area contributed by atoms with Crippen molar-refractivity contribution in [1.29, 1.82) is 0 Å². The Kier molecular flexibility index (Phi) is 4.29. The van der Waals surface area contributed by atoms with Gasteiger partial charge in [-0.3, -0.25) is 14.5 Å². The number of alkyl halides is 2. The minimum atomic E-state index is -2.77. The summed E-state index contributed by atoms with van der Waals surface area (Å²) < 4.78 is 32.5. The van der Waals surface area contributed by atoms with E-state index in [0.717, 1.165) is 0 Å². The molecule has 3 heterocycles. The van der Waals surface area contributed by atoms with Crippen LogP contribution in [0, 0.1) is 6.92 Å². The van der Waals surface area contributed by atoms with Gasteiger partial charge in [0.05, 0.1) is 12.2 Å². The molecule has 132 valence electrons. The Balaban J connectivity index is 1.58. The smallest absolute Gasteiger partial charge is 0.292 e. The second kappa shape index (κ2) is 6.12. The SMILES string of the molecule is CC(=O)NC[C@@H]1CC(F)(F)CN1C1CN(C(=O)c2cc(C)no2)C1. The van der Waals surface area contributed by atoms with Crippen molar-refractivity contribution in [2.45, 2.75) is 38.3 Å². The van der Waals surface area contributed by atoms with Gasteiger partial charge in [-0.25, -0.2) is 8.78 Å². The molecule has 0 aliphatic carbocycles. The first-order valence-corrected chi connectivity index (χ1v) is 7.86. The predicted octanol–water partition coefficient (Wildman–Crippen LogP) is 0.653. The molecule has 3 rings (SSSR count). The van der Waals surface area contributed by atoms with Gasteiger partial charge >= 0.3 is 0 Å². The van der Waals surface area contributed by atoms with Crippen LogP contribution in [0.15, 0.2) is 10.6 Å². The molecule has 1 atom stereocenters. The summed E-state index contributed by atoms with van der Waals surface area (Å²) in [5.74, 6) is -3.13. The Hall–Kier alpha value is -2.03. The highest BCUT2D eigenvalue weighted by Gasteiger charge is 2.50. The Labute approximate surface area is 137 Å². The lowest BCUT2D eigenvalue weighted by Crippen LogP contribution is -2.63. The third kappa shape index (κ3) is 3.40. The summed E-state index contributed by atoms with van der Waals surface area (Å²) in [5, 5.41) is 6.28. The van der Waals surface area contributed by atoms with E-state index in [1.54, 1.807) is 22.8 Å². The third-order valence-electron chi connectivity index (χ3n) is 4.46. The molecule has 24 heavy (non-hydrogen) atoms. The number of hydrogen-bond acceptors (Lipinski definition) is 5. The summed E-state index contributed by atoms with van der Waals surface area (Å²) in [6.45, 7) is 3.66. The molecule has 2 aliphatic heterocycles. The van der Waals surface area contributed by atoms with Crippen LogP contribution in [0.3, 0.4) is 0 Å². The van der Waals surface area contributed by atoms with E-state index in [0.29, 0.717) is 18.8 Å². The highest BCUT2D eigenvalue weighted by atomic mass is 19.3. The molecular formula is C15H20F2N4O3. The molecule has 7 nitrogen and oxygen atoms in total. The lowest BCUT2D eigenvalue weighted by atomic mass is 10.0. The molecule has 0 bridgehead atoms. The fourth-order valence-electron chi connectivity index (χ4n) is 3.25. The van der Waals surface area contributed by atoms with Crippen LogP contribution in [-0.4, -0.2) is 71.0 Å². The number of aryl methyl sites for hydroxylation is 1. The fourth-order valence-corrected chi connectivity index (χ4v) is 3.25. The number of aromatic nitrogens is 1. The summed E-state index contributed by atoms with van der Waals surface area (Å²) in [6, 6.07) is 1.00. The Morgan fingerprint density at radius 1 is 1.46 bits per heavy atom. The molecule has 0 radical (unpaired) electrons. The van der Waals surface area contributed by atoms with Crippen molar-refractivity contribution in [3.63, 3.8) is 0 Å². The first-order chi connectivity index (χ1) is 11.2. The quantitative estimate of drug-likeness (QED) is 0.869. The van der Waals surface area contributed by atoms with Gasteiger partial charge in [-0.05, 0) is 6.92 Å². The number of nitrogens with zero attached hydrogens (tertiary/aromatic N) is 3. The van der Waals surface area contributed by atoms with Crippen LogP contribution in [0.2, 0.25) is 0 Å². The van der Waals surface area contributed by atoms with Gasteiger partial charge in [0.15, 0.2) is 0 Å². The molecule has 0 saturated carbocycles. The van der Waals surface area contributed by atoms with Crippen molar-refractivity contribution < 1.29 is 22.9 Å². The molecule has 1 N–H and O–H groups in total. The Morgan fingerprint density at radius 2 is 2.17 bits per heavy atom. The minimum absolute atomic E-state index is 0.134. The van der Waals surface area contributed by atoms with E-state index in [-0.39, 0.29) is 43.1 Å². The lowest BCUT2D eigenvalue weighted by Gasteiger charge is -2.45. The van der Waals surface area contributed by atoms with Crippen LogP contribution in [0.5, 0.6) is 0 Å². The van der Waals surface area contributed by atoms with Gasteiger partial charge in [0.25, 0.3) is 11.8 Å². The van der Waals surface area contributed by atoms with E-state index in [1.807, 2.05) is 0 Å². The van der Waals surface area contributed by atoms with Crippen LogP contribution in [-0.2, 0) is 4.79 Å². The van der Waals surface area contributed by atoms with Gasteiger partial charge in [0.1, 0.15) is 0 Å². The molecule has 0 spiro atoms. The largest absolute Gasteiger partial charge is 0.355 e. The number of nitrogens with one attached hydrogen (secondary N) is 1. The van der Waals surface area contributed by atoms with E-state index in [4.69, 9.17) is 4.52 Å². The summed E-state index contributed by atoms with van der Waals surface area (Å²) in [7, 11) is 0. The Morgan fingerprint density at radius 3 is 2.75 bits per heavy atom. The molecular weight excluding hydrogens is 322 g/mol. The van der Waals surface area contributed by atoms with E-state index in [9.17, 15) is 18.4 Å². The van der Waals surface area contributed by atoms with E-state index in [1.165, 1.54) is 6.92 Å². The second-order valence-corrected chi connectivity index (χ2v) is 6.52. The van der Waals surface area contributed by atoms with Crippen LogP contribution < -0.4 is 5.32 Å². The van der Waals surface area contributed by atoms with Crippen molar-refractivity contribution in [2.75, 3.05) is 26.2 Å². The molecule has 2 aliphatic rings. The van der Waals surface area contributed by atoms with Crippen LogP contribution in [0.4, 0.5) is 8.78 Å². The van der Waals surface area contributed by atoms with Crippen LogP contribution >= 0.6 is 0 Å². The van der Waals surface area contributed by atoms with Gasteiger partial charge in [0.2, 0.25) is 11.7 Å². The monoisotopic (exact) mass is 342 g/mol. The maximum Gasteiger partial charge on any atom is 0.292 e. The topological polar surface area (TPSA) is 78.7 Å². The standard InChI is InChI=1S/C15H20F2N4O3/c1-9-3-13(24-19-9)14(23)20-6-12(7-20)21-8-15(16,17)4-11(21)5-18-10(2)22/h3,11-12H,4-8H2,1-2H3,(H,18,22)/t11-/m0/s1.